The van der Waals surface area contributed by atoms with Crippen LogP contribution < -0.4 is 0 Å². The Morgan fingerprint density at radius 3 is 2.73 bits per heavy atom. The molecule has 0 aliphatic heterocycles. The molecule has 0 fully saturated rings. The molecule has 0 atom stereocenters. The predicted molar refractivity (Wildman–Crippen MR) is 50.5 cm³/mol. The summed E-state index contributed by atoms with van der Waals surface area (Å²) >= 11 is 0. The summed E-state index contributed by atoms with van der Waals surface area (Å²) in [7, 11) is 0. The first kappa shape index (κ1) is 10.0. The lowest BCUT2D eigenvalue weighted by Crippen LogP contribution is -2.03. The van der Waals surface area contributed by atoms with E-state index >= 15 is 0 Å². The summed E-state index contributed by atoms with van der Waals surface area (Å²) < 4.78 is 37.6. The third kappa shape index (κ3) is 1.69. The third-order valence-corrected chi connectivity index (χ3v) is 2.30. The van der Waals surface area contributed by atoms with Gasteiger partial charge in [-0.3, -0.25) is 0 Å². The molecule has 5 heteroatoms. The lowest BCUT2D eigenvalue weighted by Gasteiger charge is -2.04. The zero-order chi connectivity index (χ0) is 11.1. The van der Waals surface area contributed by atoms with Gasteiger partial charge in [0.15, 0.2) is 0 Å². The van der Waals surface area contributed by atoms with E-state index in [1.807, 2.05) is 6.92 Å². The number of nitrogens with zero attached hydrogens (tertiary/aromatic N) is 1. The quantitative estimate of drug-likeness (QED) is 0.776. The molecule has 15 heavy (non-hydrogen) atoms. The molecule has 0 aliphatic carbocycles. The van der Waals surface area contributed by atoms with Gasteiger partial charge in [0.2, 0.25) is 0 Å². The average Bonchev–Trinajstić information content (AvgIpc) is 2.59. The fraction of sp³-hybridized carbons (Fsp3) is 0.300. The van der Waals surface area contributed by atoms with Gasteiger partial charge in [-0.15, -0.1) is 0 Å². The van der Waals surface area contributed by atoms with E-state index in [-0.39, 0.29) is 11.0 Å². The molecule has 0 bridgehead atoms. The summed E-state index contributed by atoms with van der Waals surface area (Å²) in [5, 5.41) is 0.141. The van der Waals surface area contributed by atoms with Crippen molar-refractivity contribution in [3.05, 3.63) is 29.6 Å². The Kier molecular flexibility index (Phi) is 2.17. The number of aryl methyl sites for hydroxylation is 1. The number of aromatic nitrogens is 2. The largest absolute Gasteiger partial charge is 0.418 e. The molecule has 0 amide bonds. The molecule has 2 aromatic rings. The summed E-state index contributed by atoms with van der Waals surface area (Å²) in [6.45, 7) is 1.88. The second kappa shape index (κ2) is 3.25. The molecule has 0 unspecified atom stereocenters. The second-order valence-corrected chi connectivity index (χ2v) is 3.29. The predicted octanol–water partition coefficient (Wildman–Crippen LogP) is 3.14. The van der Waals surface area contributed by atoms with Crippen LogP contribution in [-0.2, 0) is 12.6 Å². The van der Waals surface area contributed by atoms with Gasteiger partial charge in [-0.25, -0.2) is 4.98 Å². The van der Waals surface area contributed by atoms with Crippen molar-refractivity contribution in [3.63, 3.8) is 0 Å². The maximum atomic E-state index is 12.5. The number of H-pyrrole nitrogens is 1. The molecule has 1 N–H and O–H groups in total. The number of alkyl halides is 3. The third-order valence-electron chi connectivity index (χ3n) is 2.30. The number of rotatable bonds is 1. The highest BCUT2D eigenvalue weighted by Gasteiger charge is 2.33. The molecular formula is C10H9F3N2. The Hall–Kier alpha value is -1.52. The fourth-order valence-electron chi connectivity index (χ4n) is 1.47. The van der Waals surface area contributed by atoms with Crippen molar-refractivity contribution in [3.8, 4) is 0 Å². The fourth-order valence-corrected chi connectivity index (χ4v) is 1.47. The first-order chi connectivity index (χ1) is 7.02. The zero-order valence-corrected chi connectivity index (χ0v) is 8.02. The standard InChI is InChI=1S/C10H9F3N2/c1-2-6-3-7-8(10(11,12)13)5-15-9(7)14-4-6/h3-5H,2H2,1H3,(H,14,15). The maximum Gasteiger partial charge on any atom is 0.418 e. The van der Waals surface area contributed by atoms with E-state index in [2.05, 4.69) is 9.97 Å². The average molecular weight is 214 g/mol. The van der Waals surface area contributed by atoms with Crippen molar-refractivity contribution in [2.75, 3.05) is 0 Å². The van der Waals surface area contributed by atoms with E-state index in [1.165, 1.54) is 6.07 Å². The molecule has 0 aromatic carbocycles. The Bertz CT molecular complexity index is 485. The second-order valence-electron chi connectivity index (χ2n) is 3.29. The summed E-state index contributed by atoms with van der Waals surface area (Å²) in [4.78, 5) is 6.45. The number of fused-ring (bicyclic) bond motifs is 1. The highest BCUT2D eigenvalue weighted by Crippen LogP contribution is 2.34. The van der Waals surface area contributed by atoms with Crippen molar-refractivity contribution in [1.82, 2.24) is 9.97 Å². The number of aromatic amines is 1. The van der Waals surface area contributed by atoms with Crippen LogP contribution in [0.2, 0.25) is 0 Å². The van der Waals surface area contributed by atoms with Gasteiger partial charge in [-0.2, -0.15) is 13.2 Å². The molecular weight excluding hydrogens is 205 g/mol. The molecule has 2 rings (SSSR count). The normalized spacial score (nSPS) is 12.3. The van der Waals surface area contributed by atoms with E-state index < -0.39 is 11.7 Å². The smallest absolute Gasteiger partial charge is 0.346 e. The number of nitrogens with one attached hydrogen (secondary N) is 1. The Morgan fingerprint density at radius 1 is 1.40 bits per heavy atom. The number of halogens is 3. The molecule has 0 aliphatic rings. The molecule has 2 aromatic heterocycles. The topological polar surface area (TPSA) is 28.7 Å². The molecule has 80 valence electrons. The molecule has 0 saturated heterocycles. The summed E-state index contributed by atoms with van der Waals surface area (Å²) in [5.41, 5.74) is 0.424. The Balaban J connectivity index is 2.67. The lowest BCUT2D eigenvalue weighted by molar-refractivity contribution is -0.136. The minimum atomic E-state index is -4.33. The first-order valence-corrected chi connectivity index (χ1v) is 4.55. The summed E-state index contributed by atoms with van der Waals surface area (Å²) in [6, 6.07) is 1.53. The van der Waals surface area contributed by atoms with Gasteiger partial charge in [-0.1, -0.05) is 6.92 Å². The minimum absolute atomic E-state index is 0.141. The van der Waals surface area contributed by atoms with E-state index in [4.69, 9.17) is 0 Å². The Labute approximate surface area is 84.1 Å². The molecule has 2 nitrogen and oxygen atoms in total. The van der Waals surface area contributed by atoms with Gasteiger partial charge in [0.25, 0.3) is 0 Å². The molecule has 0 radical (unpaired) electrons. The maximum absolute atomic E-state index is 12.5. The summed E-state index contributed by atoms with van der Waals surface area (Å²) in [6.07, 6.45) is -1.12. The number of hydrogen-bond donors (Lipinski definition) is 1. The van der Waals surface area contributed by atoms with E-state index in [1.54, 1.807) is 6.20 Å². The van der Waals surface area contributed by atoms with Gasteiger partial charge in [0, 0.05) is 17.8 Å². The van der Waals surface area contributed by atoms with Crippen LogP contribution in [0.5, 0.6) is 0 Å². The van der Waals surface area contributed by atoms with Gasteiger partial charge in [0.05, 0.1) is 5.56 Å². The minimum Gasteiger partial charge on any atom is -0.346 e. The van der Waals surface area contributed by atoms with Crippen molar-refractivity contribution in [2.24, 2.45) is 0 Å². The van der Waals surface area contributed by atoms with E-state index in [0.29, 0.717) is 6.42 Å². The lowest BCUT2D eigenvalue weighted by atomic mass is 10.1. The van der Waals surface area contributed by atoms with Crippen LogP contribution >= 0.6 is 0 Å². The summed E-state index contributed by atoms with van der Waals surface area (Å²) in [5.74, 6) is 0. The molecule has 0 spiro atoms. The first-order valence-electron chi connectivity index (χ1n) is 4.55. The zero-order valence-electron chi connectivity index (χ0n) is 8.02. The van der Waals surface area contributed by atoms with Crippen LogP contribution in [0.3, 0.4) is 0 Å². The number of pyridine rings is 1. The van der Waals surface area contributed by atoms with Gasteiger partial charge in [0.1, 0.15) is 5.65 Å². The van der Waals surface area contributed by atoms with Crippen LogP contribution in [0, 0.1) is 0 Å². The van der Waals surface area contributed by atoms with E-state index in [0.717, 1.165) is 11.8 Å². The van der Waals surface area contributed by atoms with Crippen molar-refractivity contribution >= 4 is 11.0 Å². The van der Waals surface area contributed by atoms with Crippen molar-refractivity contribution < 1.29 is 13.2 Å². The van der Waals surface area contributed by atoms with Crippen LogP contribution in [0.25, 0.3) is 11.0 Å². The SMILES string of the molecule is CCc1cnc2[nH]cc(C(F)(F)F)c2c1. The van der Waals surface area contributed by atoms with Crippen molar-refractivity contribution in [1.29, 1.82) is 0 Å². The highest BCUT2D eigenvalue weighted by atomic mass is 19.4. The van der Waals surface area contributed by atoms with Crippen LogP contribution in [0.15, 0.2) is 18.5 Å². The van der Waals surface area contributed by atoms with Crippen LogP contribution in [0.1, 0.15) is 18.1 Å². The number of hydrogen-bond acceptors (Lipinski definition) is 1. The van der Waals surface area contributed by atoms with E-state index in [9.17, 15) is 13.2 Å². The molecule has 0 saturated carbocycles. The molecule has 2 heterocycles. The van der Waals surface area contributed by atoms with Crippen LogP contribution in [-0.4, -0.2) is 9.97 Å². The monoisotopic (exact) mass is 214 g/mol. The highest BCUT2D eigenvalue weighted by molar-refractivity contribution is 5.80. The van der Waals surface area contributed by atoms with Gasteiger partial charge >= 0.3 is 6.18 Å². The van der Waals surface area contributed by atoms with Gasteiger partial charge in [-0.05, 0) is 18.1 Å². The van der Waals surface area contributed by atoms with Crippen LogP contribution in [0.4, 0.5) is 13.2 Å². The van der Waals surface area contributed by atoms with Crippen molar-refractivity contribution in [2.45, 2.75) is 19.5 Å². The van der Waals surface area contributed by atoms with Gasteiger partial charge < -0.3 is 4.98 Å². The Morgan fingerprint density at radius 2 is 2.13 bits per heavy atom.